The lowest BCUT2D eigenvalue weighted by atomic mass is 10.2. The Morgan fingerprint density at radius 3 is 2.62 bits per heavy atom. The zero-order valence-electron chi connectivity index (χ0n) is 12.1. The average Bonchev–Trinajstić information content (AvgIpc) is 2.41. The smallest absolute Gasteiger partial charge is 0.234 e. The Morgan fingerprint density at radius 2 is 2.00 bits per heavy atom. The van der Waals surface area contributed by atoms with Crippen LogP contribution in [0, 0.1) is 5.92 Å². The van der Waals surface area contributed by atoms with Crippen molar-refractivity contribution in [3.63, 3.8) is 0 Å². The van der Waals surface area contributed by atoms with Crippen molar-refractivity contribution < 1.29 is 9.59 Å². The topological polar surface area (TPSA) is 49.4 Å². The first-order valence-corrected chi connectivity index (χ1v) is 8.33. The van der Waals surface area contributed by atoms with Crippen molar-refractivity contribution in [3.8, 4) is 0 Å². The van der Waals surface area contributed by atoms with Crippen molar-refractivity contribution in [1.29, 1.82) is 0 Å². The summed E-state index contributed by atoms with van der Waals surface area (Å²) in [5.74, 6) is 0.779. The van der Waals surface area contributed by atoms with Gasteiger partial charge in [0, 0.05) is 17.3 Å². The zero-order valence-corrected chi connectivity index (χ0v) is 13.7. The predicted molar refractivity (Wildman–Crippen MR) is 85.8 cm³/mol. The highest BCUT2D eigenvalue weighted by Crippen LogP contribution is 2.24. The van der Waals surface area contributed by atoms with E-state index in [1.165, 1.54) is 0 Å². The molecule has 1 aliphatic rings. The van der Waals surface area contributed by atoms with Gasteiger partial charge in [0.25, 0.3) is 0 Å². The Kier molecular flexibility index (Phi) is 5.53. The fraction of sp³-hybridized carbons (Fsp3) is 0.467. The number of halogens is 1. The van der Waals surface area contributed by atoms with E-state index < -0.39 is 0 Å². The monoisotopic (exact) mass is 326 g/mol. The van der Waals surface area contributed by atoms with Crippen LogP contribution in [0.25, 0.3) is 0 Å². The third-order valence-corrected chi connectivity index (χ3v) is 4.52. The summed E-state index contributed by atoms with van der Waals surface area (Å²) in [5.41, 5.74) is 0.818. The average molecular weight is 327 g/mol. The van der Waals surface area contributed by atoms with Gasteiger partial charge in [0.05, 0.1) is 0 Å². The Morgan fingerprint density at radius 1 is 1.33 bits per heavy atom. The van der Waals surface area contributed by atoms with Crippen molar-refractivity contribution >= 4 is 35.2 Å². The standard InChI is InChI=1S/C15H19ClN2O2S/c1-10(2)8-18-14(20)7-13(19)17-15(18)21-9-11-3-5-12(16)6-4-11/h3-6,10,15H,7-9H2,1-2H3,(H,17,19)/t15-/m0/s1. The number of thioether (sulfide) groups is 1. The van der Waals surface area contributed by atoms with Gasteiger partial charge in [0.15, 0.2) is 5.50 Å². The molecule has 1 aliphatic heterocycles. The molecule has 1 heterocycles. The number of benzene rings is 1. The van der Waals surface area contributed by atoms with E-state index in [1.54, 1.807) is 16.7 Å². The number of nitrogens with zero attached hydrogens (tertiary/aromatic N) is 1. The molecule has 6 heteroatoms. The molecule has 0 bridgehead atoms. The molecule has 1 aromatic rings. The fourth-order valence-corrected chi connectivity index (χ4v) is 3.38. The minimum absolute atomic E-state index is 0.0509. The lowest BCUT2D eigenvalue weighted by Crippen LogP contribution is -2.56. The van der Waals surface area contributed by atoms with Crippen molar-refractivity contribution in [2.45, 2.75) is 31.5 Å². The lowest BCUT2D eigenvalue weighted by Gasteiger charge is -2.36. The van der Waals surface area contributed by atoms with Crippen LogP contribution in [0.5, 0.6) is 0 Å². The second-order valence-corrected chi connectivity index (χ2v) is 6.98. The molecule has 0 aliphatic carbocycles. The molecule has 4 nitrogen and oxygen atoms in total. The molecule has 21 heavy (non-hydrogen) atoms. The van der Waals surface area contributed by atoms with Gasteiger partial charge in [0.1, 0.15) is 6.42 Å². The molecule has 0 aromatic heterocycles. The van der Waals surface area contributed by atoms with Gasteiger partial charge < -0.3 is 10.2 Å². The molecule has 1 N–H and O–H groups in total. The Balaban J connectivity index is 2.01. The molecular weight excluding hydrogens is 308 g/mol. The maximum atomic E-state index is 12.0. The fourth-order valence-electron chi connectivity index (χ4n) is 2.11. The number of amides is 2. The van der Waals surface area contributed by atoms with Gasteiger partial charge in [0.2, 0.25) is 11.8 Å². The number of nitrogens with one attached hydrogen (secondary N) is 1. The van der Waals surface area contributed by atoms with Gasteiger partial charge in [-0.05, 0) is 23.6 Å². The van der Waals surface area contributed by atoms with Crippen molar-refractivity contribution in [1.82, 2.24) is 10.2 Å². The second-order valence-electron chi connectivity index (χ2n) is 5.47. The van der Waals surface area contributed by atoms with E-state index in [4.69, 9.17) is 11.6 Å². The van der Waals surface area contributed by atoms with Crippen LogP contribution in [0.2, 0.25) is 5.02 Å². The molecule has 1 fully saturated rings. The lowest BCUT2D eigenvalue weighted by molar-refractivity contribution is -0.142. The molecule has 1 aromatic carbocycles. The quantitative estimate of drug-likeness (QED) is 0.846. The number of carbonyl (C=O) groups is 2. The maximum Gasteiger partial charge on any atom is 0.234 e. The molecule has 0 spiro atoms. The van der Waals surface area contributed by atoms with E-state index in [0.717, 1.165) is 5.56 Å². The second kappa shape index (κ2) is 7.18. The first-order chi connectivity index (χ1) is 9.95. The van der Waals surface area contributed by atoms with Crippen LogP contribution in [0.15, 0.2) is 24.3 Å². The van der Waals surface area contributed by atoms with E-state index >= 15 is 0 Å². The van der Waals surface area contributed by atoms with Crippen molar-refractivity contribution in [3.05, 3.63) is 34.9 Å². The van der Waals surface area contributed by atoms with Crippen molar-refractivity contribution in [2.75, 3.05) is 6.54 Å². The number of hydrogen-bond acceptors (Lipinski definition) is 3. The molecule has 0 saturated carbocycles. The highest BCUT2D eigenvalue weighted by atomic mass is 35.5. The van der Waals surface area contributed by atoms with Crippen molar-refractivity contribution in [2.24, 2.45) is 5.92 Å². The van der Waals surface area contributed by atoms with Gasteiger partial charge in [-0.2, -0.15) is 0 Å². The first kappa shape index (κ1) is 16.2. The molecule has 1 atom stereocenters. The van der Waals surface area contributed by atoms with Gasteiger partial charge in [-0.25, -0.2) is 0 Å². The number of rotatable bonds is 5. The molecule has 114 valence electrons. The maximum absolute atomic E-state index is 12.0. The number of carbonyl (C=O) groups excluding carboxylic acids is 2. The van der Waals surface area contributed by atoms with Gasteiger partial charge in [-0.15, -0.1) is 11.8 Å². The van der Waals surface area contributed by atoms with E-state index in [1.807, 2.05) is 24.3 Å². The van der Waals surface area contributed by atoms with Crippen LogP contribution in [-0.2, 0) is 15.3 Å². The molecule has 2 amide bonds. The van der Waals surface area contributed by atoms with Crippen LogP contribution in [0.3, 0.4) is 0 Å². The third-order valence-electron chi connectivity index (χ3n) is 3.08. The van der Waals surface area contributed by atoms with Crippen LogP contribution in [-0.4, -0.2) is 28.8 Å². The Bertz CT molecular complexity index is 519. The number of hydrogen-bond donors (Lipinski definition) is 1. The van der Waals surface area contributed by atoms with Gasteiger partial charge in [-0.3, -0.25) is 9.59 Å². The van der Waals surface area contributed by atoms with Gasteiger partial charge in [-0.1, -0.05) is 37.6 Å². The minimum atomic E-state index is -0.295. The highest BCUT2D eigenvalue weighted by molar-refractivity contribution is 7.99. The van der Waals surface area contributed by atoms with E-state index in [9.17, 15) is 9.59 Å². The SMILES string of the molecule is CC(C)CN1C(=O)CC(=O)N[C@@H]1SCc1ccc(Cl)cc1. The van der Waals surface area contributed by atoms with Crippen LogP contribution in [0.4, 0.5) is 0 Å². The summed E-state index contributed by atoms with van der Waals surface area (Å²) in [7, 11) is 0. The van der Waals surface area contributed by atoms with E-state index in [2.05, 4.69) is 19.2 Å². The largest absolute Gasteiger partial charge is 0.327 e. The van der Waals surface area contributed by atoms with Crippen LogP contribution in [0.1, 0.15) is 25.8 Å². The molecule has 1 saturated heterocycles. The summed E-state index contributed by atoms with van der Waals surface area (Å²) in [6, 6.07) is 7.59. The predicted octanol–water partition coefficient (Wildman–Crippen LogP) is 2.86. The summed E-state index contributed by atoms with van der Waals surface area (Å²) in [6.45, 7) is 4.77. The molecule has 0 unspecified atom stereocenters. The Hall–Kier alpha value is -1.20. The van der Waals surface area contributed by atoms with E-state index in [-0.39, 0.29) is 23.7 Å². The summed E-state index contributed by atoms with van der Waals surface area (Å²) in [6.07, 6.45) is -0.0509. The first-order valence-electron chi connectivity index (χ1n) is 6.90. The zero-order chi connectivity index (χ0) is 15.4. The van der Waals surface area contributed by atoms with Crippen LogP contribution >= 0.6 is 23.4 Å². The normalized spacial score (nSPS) is 19.0. The highest BCUT2D eigenvalue weighted by Gasteiger charge is 2.32. The summed E-state index contributed by atoms with van der Waals surface area (Å²) < 4.78 is 0. The third kappa shape index (κ3) is 4.64. The Labute approximate surface area is 134 Å². The minimum Gasteiger partial charge on any atom is -0.327 e. The van der Waals surface area contributed by atoms with Crippen LogP contribution < -0.4 is 5.32 Å². The summed E-state index contributed by atoms with van der Waals surface area (Å²) in [4.78, 5) is 25.4. The van der Waals surface area contributed by atoms with E-state index in [0.29, 0.717) is 23.2 Å². The summed E-state index contributed by atoms with van der Waals surface area (Å²) >= 11 is 7.41. The van der Waals surface area contributed by atoms with Gasteiger partial charge >= 0.3 is 0 Å². The molecule has 0 radical (unpaired) electrons. The molecular formula is C15H19ClN2O2S. The molecule has 2 rings (SSSR count). The summed E-state index contributed by atoms with van der Waals surface area (Å²) in [5, 5.41) is 3.59.